The van der Waals surface area contributed by atoms with E-state index in [1.54, 1.807) is 24.3 Å². The fraction of sp³-hybridized carbons (Fsp3) is 0.483. The van der Waals surface area contributed by atoms with E-state index >= 15 is 0 Å². The first-order valence-corrected chi connectivity index (χ1v) is 12.4. The van der Waals surface area contributed by atoms with Crippen LogP contribution in [0.4, 0.5) is 0 Å². The van der Waals surface area contributed by atoms with Gasteiger partial charge in [-0.05, 0) is 54.7 Å². The molecule has 0 aliphatic heterocycles. The maximum atomic E-state index is 12.4. The number of hydrogen-bond acceptors (Lipinski definition) is 4. The minimum absolute atomic E-state index is 0.203. The number of phenols is 2. The summed E-state index contributed by atoms with van der Waals surface area (Å²) in [5.41, 5.74) is 1.54. The van der Waals surface area contributed by atoms with Crippen molar-refractivity contribution in [2.24, 2.45) is 0 Å². The lowest BCUT2D eigenvalue weighted by Gasteiger charge is -2.31. The number of carbonyl (C=O) groups is 1. The van der Waals surface area contributed by atoms with E-state index in [-0.39, 0.29) is 23.9 Å². The minimum atomic E-state index is -0.451. The Hall–Kier alpha value is -2.75. The number of ether oxygens (including phenoxy) is 1. The van der Waals surface area contributed by atoms with Gasteiger partial charge in [0.05, 0.1) is 0 Å². The zero-order valence-corrected chi connectivity index (χ0v) is 20.3. The summed E-state index contributed by atoms with van der Waals surface area (Å²) < 4.78 is 5.41. The highest BCUT2D eigenvalue weighted by Crippen LogP contribution is 2.37. The van der Waals surface area contributed by atoms with Crippen LogP contribution < -0.4 is 0 Å². The molecule has 0 aromatic heterocycles. The van der Waals surface area contributed by atoms with Crippen LogP contribution >= 0.6 is 0 Å². The normalized spacial score (nSPS) is 11.7. The number of hydrogen-bond donors (Lipinski definition) is 2. The largest absolute Gasteiger partial charge is 0.508 e. The zero-order valence-electron chi connectivity index (χ0n) is 20.3. The predicted octanol–water partition coefficient (Wildman–Crippen LogP) is 7.42. The summed E-state index contributed by atoms with van der Waals surface area (Å²) in [5.74, 6) is 0.184. The number of allylic oxidation sites excluding steroid dienone is 1. The van der Waals surface area contributed by atoms with Crippen molar-refractivity contribution in [2.75, 3.05) is 6.61 Å². The van der Waals surface area contributed by atoms with Gasteiger partial charge in [-0.1, -0.05) is 88.8 Å². The molecule has 0 radical (unpaired) electrons. The van der Waals surface area contributed by atoms with Gasteiger partial charge in [-0.3, -0.25) is 4.79 Å². The van der Waals surface area contributed by atoms with Crippen molar-refractivity contribution in [3.05, 3.63) is 71.8 Å². The molecule has 2 aromatic rings. The Kier molecular flexibility index (Phi) is 11.6. The molecule has 4 heteroatoms. The highest BCUT2D eigenvalue weighted by molar-refractivity contribution is 5.69. The van der Waals surface area contributed by atoms with Gasteiger partial charge >= 0.3 is 5.97 Å². The van der Waals surface area contributed by atoms with E-state index in [4.69, 9.17) is 4.74 Å². The summed E-state index contributed by atoms with van der Waals surface area (Å²) in [7, 11) is 0. The van der Waals surface area contributed by atoms with Crippen molar-refractivity contribution in [1.29, 1.82) is 0 Å². The molecule has 0 fully saturated rings. The molecule has 0 amide bonds. The van der Waals surface area contributed by atoms with Crippen molar-refractivity contribution in [2.45, 2.75) is 83.5 Å². The molecular weight excluding hydrogens is 412 g/mol. The number of rotatable bonds is 15. The third kappa shape index (κ3) is 9.33. The highest BCUT2D eigenvalue weighted by Gasteiger charge is 2.30. The quantitative estimate of drug-likeness (QED) is 0.168. The highest BCUT2D eigenvalue weighted by atomic mass is 16.5. The van der Waals surface area contributed by atoms with Gasteiger partial charge in [0.1, 0.15) is 18.1 Å². The molecule has 0 saturated carbocycles. The molecule has 2 N–H and O–H groups in total. The van der Waals surface area contributed by atoms with Crippen LogP contribution in [0, 0.1) is 0 Å². The van der Waals surface area contributed by atoms with Crippen LogP contribution in [0.25, 0.3) is 0 Å². The molecule has 33 heavy (non-hydrogen) atoms. The van der Waals surface area contributed by atoms with E-state index < -0.39 is 5.41 Å². The van der Waals surface area contributed by atoms with Crippen LogP contribution in [0.2, 0.25) is 0 Å². The molecule has 0 atom stereocenters. The van der Waals surface area contributed by atoms with Crippen LogP contribution in [0.3, 0.4) is 0 Å². The molecule has 2 aromatic carbocycles. The Balaban J connectivity index is 1.80. The Bertz CT molecular complexity index is 791. The van der Waals surface area contributed by atoms with Crippen LogP contribution in [0.5, 0.6) is 11.5 Å². The summed E-state index contributed by atoms with van der Waals surface area (Å²) in [6, 6.07) is 14.1. The molecule has 0 heterocycles. The number of esters is 1. The number of benzene rings is 2. The fourth-order valence-corrected chi connectivity index (χ4v) is 4.08. The summed E-state index contributed by atoms with van der Waals surface area (Å²) in [5, 5.41) is 19.3. The lowest BCUT2D eigenvalue weighted by molar-refractivity contribution is -0.142. The molecular formula is C29H40O4. The van der Waals surface area contributed by atoms with E-state index in [1.807, 2.05) is 30.3 Å². The van der Waals surface area contributed by atoms with Crippen LogP contribution in [-0.4, -0.2) is 22.8 Å². The molecule has 4 nitrogen and oxygen atoms in total. The van der Waals surface area contributed by atoms with Gasteiger partial charge in [0.25, 0.3) is 0 Å². The monoisotopic (exact) mass is 452 g/mol. The van der Waals surface area contributed by atoms with Gasteiger partial charge in [0.2, 0.25) is 0 Å². The third-order valence-electron chi connectivity index (χ3n) is 6.32. The zero-order chi connectivity index (χ0) is 23.9. The van der Waals surface area contributed by atoms with Crippen LogP contribution in [-0.2, 0) is 14.9 Å². The average Bonchev–Trinajstić information content (AvgIpc) is 2.82. The van der Waals surface area contributed by atoms with Crippen molar-refractivity contribution >= 4 is 5.97 Å². The Morgan fingerprint density at radius 3 is 1.88 bits per heavy atom. The van der Waals surface area contributed by atoms with Gasteiger partial charge in [-0.15, -0.1) is 0 Å². The molecule has 0 saturated heterocycles. The van der Waals surface area contributed by atoms with Gasteiger partial charge in [0.15, 0.2) is 0 Å². The van der Waals surface area contributed by atoms with E-state index in [2.05, 4.69) is 19.9 Å². The molecule has 0 aliphatic carbocycles. The number of aromatic hydroxyl groups is 2. The first-order valence-electron chi connectivity index (χ1n) is 12.4. The van der Waals surface area contributed by atoms with Gasteiger partial charge in [0, 0.05) is 11.8 Å². The number of unbranched alkanes of at least 4 members (excludes halogenated alkanes) is 7. The van der Waals surface area contributed by atoms with Crippen LogP contribution in [0.1, 0.15) is 89.2 Å². The van der Waals surface area contributed by atoms with Gasteiger partial charge in [-0.2, -0.15) is 0 Å². The molecule has 0 unspecified atom stereocenters. The summed E-state index contributed by atoms with van der Waals surface area (Å²) in [6.07, 6.45) is 15.0. The van der Waals surface area contributed by atoms with Gasteiger partial charge in [-0.25, -0.2) is 0 Å². The standard InChI is InChI=1S/C29H40O4/c1-3-4-5-6-7-8-9-10-11-12-23-33-28(32)21-22-29(2,24-13-17-26(30)18-14-24)25-15-19-27(31)20-16-25/h11-20,30-31H,3-10,21-23H2,1-2H3/b12-11+. The third-order valence-corrected chi connectivity index (χ3v) is 6.32. The Morgan fingerprint density at radius 1 is 0.818 bits per heavy atom. The molecule has 180 valence electrons. The van der Waals surface area contributed by atoms with E-state index in [9.17, 15) is 15.0 Å². The second kappa shape index (κ2) is 14.4. The van der Waals surface area contributed by atoms with Crippen molar-refractivity contribution in [3.8, 4) is 11.5 Å². The SMILES string of the molecule is CCCCCCCCC/C=C/COC(=O)CCC(C)(c1ccc(O)cc1)c1ccc(O)cc1. The van der Waals surface area contributed by atoms with E-state index in [0.717, 1.165) is 17.5 Å². The lowest BCUT2D eigenvalue weighted by Crippen LogP contribution is -2.25. The number of carbonyl (C=O) groups excluding carboxylic acids is 1. The second-order valence-electron chi connectivity index (χ2n) is 8.99. The van der Waals surface area contributed by atoms with Crippen molar-refractivity contribution in [3.63, 3.8) is 0 Å². The topological polar surface area (TPSA) is 66.8 Å². The average molecular weight is 453 g/mol. The Morgan fingerprint density at radius 2 is 1.33 bits per heavy atom. The second-order valence-corrected chi connectivity index (χ2v) is 8.99. The molecule has 0 spiro atoms. The summed E-state index contributed by atoms with van der Waals surface area (Å²) in [4.78, 5) is 12.4. The maximum absolute atomic E-state index is 12.4. The Labute approximate surface area is 199 Å². The van der Waals surface area contributed by atoms with Crippen molar-refractivity contribution < 1.29 is 19.7 Å². The molecule has 0 aliphatic rings. The minimum Gasteiger partial charge on any atom is -0.508 e. The molecule has 0 bridgehead atoms. The van der Waals surface area contributed by atoms with Gasteiger partial charge < -0.3 is 14.9 Å². The number of phenolic OH excluding ortho intramolecular Hbond substituents is 2. The summed E-state index contributed by atoms with van der Waals surface area (Å²) in [6.45, 7) is 4.62. The first-order chi connectivity index (χ1) is 16.0. The first kappa shape index (κ1) is 26.5. The lowest BCUT2D eigenvalue weighted by atomic mass is 9.73. The maximum Gasteiger partial charge on any atom is 0.306 e. The van der Waals surface area contributed by atoms with E-state index in [1.165, 1.54) is 44.9 Å². The van der Waals surface area contributed by atoms with Crippen LogP contribution in [0.15, 0.2) is 60.7 Å². The fourth-order valence-electron chi connectivity index (χ4n) is 4.08. The van der Waals surface area contributed by atoms with E-state index in [0.29, 0.717) is 13.0 Å². The van der Waals surface area contributed by atoms with Crippen molar-refractivity contribution in [1.82, 2.24) is 0 Å². The summed E-state index contributed by atoms with van der Waals surface area (Å²) >= 11 is 0. The predicted molar refractivity (Wildman–Crippen MR) is 135 cm³/mol. The smallest absolute Gasteiger partial charge is 0.306 e. The molecule has 2 rings (SSSR count).